The second-order valence-electron chi connectivity index (χ2n) is 3.75. The number of nitrogen functional groups attached to an aromatic ring is 1. The lowest BCUT2D eigenvalue weighted by molar-refractivity contribution is -0.384. The van der Waals surface area contributed by atoms with Crippen LogP contribution in [0.1, 0.15) is 0 Å². The predicted octanol–water partition coefficient (Wildman–Crippen LogP) is 3.43. The molecule has 0 spiro atoms. The van der Waals surface area contributed by atoms with Crippen molar-refractivity contribution in [1.82, 2.24) is 4.98 Å². The number of nitro groups is 1. The van der Waals surface area contributed by atoms with E-state index in [9.17, 15) is 10.1 Å². The summed E-state index contributed by atoms with van der Waals surface area (Å²) in [7, 11) is 0. The van der Waals surface area contributed by atoms with Crippen LogP contribution in [0.3, 0.4) is 0 Å². The maximum atomic E-state index is 10.8. The Balaban J connectivity index is 2.37. The number of hydrogen-bond acceptors (Lipinski definition) is 6. The summed E-state index contributed by atoms with van der Waals surface area (Å²) >= 11 is 9.18. The number of rotatable bonds is 4. The third-order valence-electron chi connectivity index (χ3n) is 2.36. The molecule has 1 aromatic carbocycles. The number of hydrazine groups is 1. The van der Waals surface area contributed by atoms with Gasteiger partial charge in [-0.1, -0.05) is 11.6 Å². The minimum Gasteiger partial charge on any atom is -0.339 e. The molecule has 2 rings (SSSR count). The molecule has 1 heterocycles. The highest BCUT2D eigenvalue weighted by Crippen LogP contribution is 2.29. The molecule has 0 aliphatic carbocycles. The fraction of sp³-hybridized carbons (Fsp3) is 0. The van der Waals surface area contributed by atoms with Gasteiger partial charge in [-0.3, -0.25) is 10.1 Å². The fourth-order valence-electron chi connectivity index (χ4n) is 1.49. The van der Waals surface area contributed by atoms with E-state index in [1.54, 1.807) is 18.2 Å². The van der Waals surface area contributed by atoms with Crippen LogP contribution in [0.4, 0.5) is 23.0 Å². The van der Waals surface area contributed by atoms with Crippen LogP contribution in [-0.4, -0.2) is 9.91 Å². The number of nitrogens with zero attached hydrogens (tertiary/aromatic N) is 2. The van der Waals surface area contributed by atoms with Crippen LogP contribution in [0.25, 0.3) is 0 Å². The van der Waals surface area contributed by atoms with Crippen LogP contribution >= 0.6 is 27.5 Å². The van der Waals surface area contributed by atoms with Gasteiger partial charge >= 0.3 is 0 Å². The molecular weight excluding hydrogens is 350 g/mol. The SMILES string of the molecule is NNc1cc([N+](=O)[O-])cc(Nc2ccc(Cl)cc2Br)n1. The van der Waals surface area contributed by atoms with E-state index in [1.165, 1.54) is 12.1 Å². The summed E-state index contributed by atoms with van der Waals surface area (Å²) in [5.41, 5.74) is 2.83. The Labute approximate surface area is 127 Å². The van der Waals surface area contributed by atoms with Crippen molar-refractivity contribution in [3.05, 3.63) is 49.9 Å². The Hall–Kier alpha value is -1.90. The zero-order valence-electron chi connectivity index (χ0n) is 9.93. The van der Waals surface area contributed by atoms with Crippen molar-refractivity contribution in [2.45, 2.75) is 0 Å². The maximum Gasteiger partial charge on any atom is 0.276 e. The molecule has 2 aromatic rings. The lowest BCUT2D eigenvalue weighted by Crippen LogP contribution is -2.10. The molecule has 0 saturated heterocycles. The van der Waals surface area contributed by atoms with Crippen molar-refractivity contribution in [2.24, 2.45) is 5.84 Å². The number of benzene rings is 1. The van der Waals surface area contributed by atoms with Gasteiger partial charge in [0.1, 0.15) is 11.6 Å². The summed E-state index contributed by atoms with van der Waals surface area (Å²) in [4.78, 5) is 14.4. The molecule has 0 saturated carbocycles. The highest BCUT2D eigenvalue weighted by atomic mass is 79.9. The van der Waals surface area contributed by atoms with Crippen LogP contribution in [-0.2, 0) is 0 Å². The Morgan fingerprint density at radius 2 is 2.00 bits per heavy atom. The number of pyridine rings is 1. The largest absolute Gasteiger partial charge is 0.339 e. The topological polar surface area (TPSA) is 106 Å². The van der Waals surface area contributed by atoms with Crippen LogP contribution in [0.15, 0.2) is 34.8 Å². The van der Waals surface area contributed by atoms with Gasteiger partial charge in [-0.15, -0.1) is 0 Å². The summed E-state index contributed by atoms with van der Waals surface area (Å²) in [6, 6.07) is 7.66. The molecule has 0 aliphatic heterocycles. The standard InChI is InChI=1S/C11H9BrClN5O2/c12-8-3-6(13)1-2-9(8)15-10-4-7(18(19)20)5-11(16-10)17-14/h1-5H,14H2,(H2,15,16,17). The van der Waals surface area contributed by atoms with E-state index < -0.39 is 4.92 Å². The lowest BCUT2D eigenvalue weighted by Gasteiger charge is -2.09. The third kappa shape index (κ3) is 3.35. The van der Waals surface area contributed by atoms with Crippen LogP contribution in [0.5, 0.6) is 0 Å². The molecule has 0 unspecified atom stereocenters. The number of halogens is 2. The van der Waals surface area contributed by atoms with E-state index in [4.69, 9.17) is 17.4 Å². The molecule has 0 aliphatic rings. The zero-order valence-corrected chi connectivity index (χ0v) is 12.3. The molecule has 7 nitrogen and oxygen atoms in total. The Kier molecular flexibility index (Phi) is 4.38. The van der Waals surface area contributed by atoms with Crippen LogP contribution in [0.2, 0.25) is 5.02 Å². The minimum atomic E-state index is -0.523. The van der Waals surface area contributed by atoms with Crippen molar-refractivity contribution in [3.63, 3.8) is 0 Å². The van der Waals surface area contributed by atoms with E-state index in [0.717, 1.165) is 0 Å². The second-order valence-corrected chi connectivity index (χ2v) is 5.04. The molecule has 0 bridgehead atoms. The summed E-state index contributed by atoms with van der Waals surface area (Å²) in [6.07, 6.45) is 0. The Bertz CT molecular complexity index is 667. The molecule has 9 heteroatoms. The molecule has 20 heavy (non-hydrogen) atoms. The van der Waals surface area contributed by atoms with Gasteiger partial charge in [-0.05, 0) is 34.1 Å². The predicted molar refractivity (Wildman–Crippen MR) is 81.1 cm³/mol. The maximum absolute atomic E-state index is 10.8. The minimum absolute atomic E-state index is 0.125. The number of hydrogen-bond donors (Lipinski definition) is 3. The molecule has 0 fully saturated rings. The first-order valence-corrected chi connectivity index (χ1v) is 6.52. The summed E-state index contributed by atoms with van der Waals surface area (Å²) in [5, 5.41) is 14.4. The molecule has 0 radical (unpaired) electrons. The van der Waals surface area contributed by atoms with Gasteiger partial charge in [-0.2, -0.15) is 0 Å². The first kappa shape index (κ1) is 14.5. The molecular formula is C11H9BrClN5O2. The van der Waals surface area contributed by atoms with Crippen molar-refractivity contribution in [3.8, 4) is 0 Å². The zero-order chi connectivity index (χ0) is 14.7. The Morgan fingerprint density at radius 1 is 1.30 bits per heavy atom. The summed E-state index contributed by atoms with van der Waals surface area (Å²) in [5.74, 6) is 5.72. The van der Waals surface area contributed by atoms with E-state index in [1.807, 2.05) is 0 Å². The monoisotopic (exact) mass is 357 g/mol. The first-order valence-electron chi connectivity index (χ1n) is 5.35. The summed E-state index contributed by atoms with van der Waals surface area (Å²) < 4.78 is 0.709. The van der Waals surface area contributed by atoms with Gasteiger partial charge < -0.3 is 10.7 Å². The average molecular weight is 359 g/mol. The normalized spacial score (nSPS) is 10.2. The highest BCUT2D eigenvalue weighted by Gasteiger charge is 2.12. The van der Waals surface area contributed by atoms with Crippen LogP contribution < -0.4 is 16.6 Å². The van der Waals surface area contributed by atoms with Gasteiger partial charge in [0.2, 0.25) is 0 Å². The first-order chi connectivity index (χ1) is 9.49. The third-order valence-corrected chi connectivity index (χ3v) is 3.25. The number of aromatic nitrogens is 1. The van der Waals surface area contributed by atoms with Gasteiger partial charge in [0.15, 0.2) is 0 Å². The van der Waals surface area contributed by atoms with Gasteiger partial charge in [0, 0.05) is 9.50 Å². The fourth-order valence-corrected chi connectivity index (χ4v) is 2.27. The van der Waals surface area contributed by atoms with E-state index in [2.05, 4.69) is 31.7 Å². The second kappa shape index (κ2) is 6.04. The lowest BCUT2D eigenvalue weighted by atomic mass is 10.3. The van der Waals surface area contributed by atoms with Gasteiger partial charge in [0.25, 0.3) is 5.69 Å². The number of anilines is 3. The number of nitrogens with two attached hydrogens (primary N) is 1. The molecule has 4 N–H and O–H groups in total. The highest BCUT2D eigenvalue weighted by molar-refractivity contribution is 9.10. The van der Waals surface area contributed by atoms with Crippen molar-refractivity contribution in [1.29, 1.82) is 0 Å². The smallest absolute Gasteiger partial charge is 0.276 e. The van der Waals surface area contributed by atoms with Crippen molar-refractivity contribution < 1.29 is 4.92 Å². The number of nitrogens with one attached hydrogen (secondary N) is 2. The van der Waals surface area contributed by atoms with E-state index in [0.29, 0.717) is 15.2 Å². The van der Waals surface area contributed by atoms with E-state index in [-0.39, 0.29) is 17.3 Å². The molecule has 1 aromatic heterocycles. The summed E-state index contributed by atoms with van der Waals surface area (Å²) in [6.45, 7) is 0. The average Bonchev–Trinajstić information content (AvgIpc) is 2.41. The van der Waals surface area contributed by atoms with Gasteiger partial charge in [0.05, 0.1) is 22.7 Å². The van der Waals surface area contributed by atoms with E-state index >= 15 is 0 Å². The van der Waals surface area contributed by atoms with Crippen molar-refractivity contribution in [2.75, 3.05) is 10.7 Å². The Morgan fingerprint density at radius 3 is 2.60 bits per heavy atom. The van der Waals surface area contributed by atoms with Gasteiger partial charge in [-0.25, -0.2) is 10.8 Å². The molecule has 104 valence electrons. The molecule has 0 amide bonds. The molecule has 0 atom stereocenters. The van der Waals surface area contributed by atoms with Crippen molar-refractivity contribution >= 4 is 50.5 Å². The quantitative estimate of drug-likeness (QED) is 0.439. The van der Waals surface area contributed by atoms with Crippen LogP contribution in [0, 0.1) is 10.1 Å².